The fraction of sp³-hybridized carbons (Fsp3) is 0.714. The van der Waals surface area contributed by atoms with Crippen LogP contribution in [0.15, 0.2) is 0 Å². The predicted molar refractivity (Wildman–Crippen MR) is 46.8 cm³/mol. The minimum atomic E-state index is 0.807. The summed E-state index contributed by atoms with van der Waals surface area (Å²) >= 11 is 3.96. The Morgan fingerprint density at radius 1 is 1.78 bits per heavy atom. The molecule has 0 aromatic carbocycles. The Morgan fingerprint density at radius 3 is 3.22 bits per heavy atom. The molecule has 1 aliphatic heterocycles. The van der Waals surface area contributed by atoms with Gasteiger partial charge in [0, 0.05) is 0 Å². The Hall–Kier alpha value is 0.260. The maximum Gasteiger partial charge on any atom is 0.0555 e. The zero-order chi connectivity index (χ0) is 6.53. The van der Waals surface area contributed by atoms with E-state index < -0.39 is 0 Å². The van der Waals surface area contributed by atoms with Crippen molar-refractivity contribution in [1.29, 1.82) is 0 Å². The molecule has 0 aliphatic carbocycles. The highest BCUT2D eigenvalue weighted by atomic mass is 32.2. The minimum Gasteiger partial charge on any atom is -0.148 e. The maximum absolute atomic E-state index is 5.13. The highest BCUT2D eigenvalue weighted by molar-refractivity contribution is 8.17. The van der Waals surface area contributed by atoms with Crippen LogP contribution >= 0.6 is 23.5 Å². The standard InChI is InChI=1S/C7H10S2/c1-2-5-8-7-4-3-6-9-7/h1,7H,3-6H2. The van der Waals surface area contributed by atoms with Crippen LogP contribution in [0.25, 0.3) is 0 Å². The third-order valence-electron chi connectivity index (χ3n) is 1.24. The summed E-state index contributed by atoms with van der Waals surface area (Å²) in [6, 6.07) is 0. The number of hydrogen-bond acceptors (Lipinski definition) is 2. The average Bonchev–Trinajstić information content (AvgIpc) is 2.34. The molecule has 0 radical (unpaired) electrons. The van der Waals surface area contributed by atoms with Crippen molar-refractivity contribution in [2.24, 2.45) is 0 Å². The lowest BCUT2D eigenvalue weighted by Gasteiger charge is -2.02. The third-order valence-corrected chi connectivity index (χ3v) is 4.13. The summed E-state index contributed by atoms with van der Waals surface area (Å²) in [4.78, 5) is 0. The second kappa shape index (κ2) is 4.14. The van der Waals surface area contributed by atoms with Crippen molar-refractivity contribution in [1.82, 2.24) is 0 Å². The largest absolute Gasteiger partial charge is 0.148 e. The van der Waals surface area contributed by atoms with Crippen molar-refractivity contribution in [2.45, 2.75) is 17.4 Å². The maximum atomic E-state index is 5.13. The van der Waals surface area contributed by atoms with E-state index in [0.29, 0.717) is 0 Å². The van der Waals surface area contributed by atoms with E-state index in [4.69, 9.17) is 6.42 Å². The number of rotatable bonds is 2. The first-order chi connectivity index (χ1) is 4.43. The van der Waals surface area contributed by atoms with Gasteiger partial charge in [-0.25, -0.2) is 0 Å². The van der Waals surface area contributed by atoms with E-state index in [9.17, 15) is 0 Å². The zero-order valence-electron chi connectivity index (χ0n) is 5.30. The van der Waals surface area contributed by atoms with E-state index in [-0.39, 0.29) is 0 Å². The molecule has 9 heavy (non-hydrogen) atoms. The van der Waals surface area contributed by atoms with E-state index in [1.54, 1.807) is 0 Å². The lowest BCUT2D eigenvalue weighted by atomic mass is 10.4. The molecule has 1 heterocycles. The van der Waals surface area contributed by atoms with Crippen LogP contribution in [-0.2, 0) is 0 Å². The molecule has 0 bridgehead atoms. The van der Waals surface area contributed by atoms with Crippen LogP contribution in [0.5, 0.6) is 0 Å². The highest BCUT2D eigenvalue weighted by Gasteiger charge is 2.14. The molecule has 2 heteroatoms. The SMILES string of the molecule is C#CCSC1CCCS1. The predicted octanol–water partition coefficient (Wildman–Crippen LogP) is 2.21. The van der Waals surface area contributed by atoms with Crippen molar-refractivity contribution in [3.05, 3.63) is 0 Å². The smallest absolute Gasteiger partial charge is 0.0555 e. The number of terminal acetylenes is 1. The second-order valence-corrected chi connectivity index (χ2v) is 4.76. The first-order valence-corrected chi connectivity index (χ1v) is 5.20. The van der Waals surface area contributed by atoms with Crippen LogP contribution in [0, 0.1) is 12.3 Å². The van der Waals surface area contributed by atoms with Gasteiger partial charge in [-0.1, -0.05) is 5.92 Å². The van der Waals surface area contributed by atoms with Crippen molar-refractivity contribution in [3.8, 4) is 12.3 Å². The normalized spacial score (nSPS) is 25.9. The second-order valence-electron chi connectivity index (χ2n) is 1.96. The van der Waals surface area contributed by atoms with Gasteiger partial charge in [-0.2, -0.15) is 0 Å². The molecule has 1 fully saturated rings. The minimum absolute atomic E-state index is 0.807. The topological polar surface area (TPSA) is 0 Å². The molecular weight excluding hydrogens is 148 g/mol. The van der Waals surface area contributed by atoms with Crippen LogP contribution in [0.3, 0.4) is 0 Å². The molecule has 1 atom stereocenters. The van der Waals surface area contributed by atoms with Gasteiger partial charge in [0.2, 0.25) is 0 Å². The zero-order valence-corrected chi connectivity index (χ0v) is 6.93. The summed E-state index contributed by atoms with van der Waals surface area (Å²) in [6.07, 6.45) is 7.87. The van der Waals surface area contributed by atoms with E-state index >= 15 is 0 Å². The molecule has 1 rings (SSSR count). The van der Waals surface area contributed by atoms with Crippen molar-refractivity contribution < 1.29 is 0 Å². The molecule has 0 saturated carbocycles. The number of hydrogen-bond donors (Lipinski definition) is 0. The monoisotopic (exact) mass is 158 g/mol. The van der Waals surface area contributed by atoms with Crippen LogP contribution in [0.2, 0.25) is 0 Å². The summed E-state index contributed by atoms with van der Waals surface area (Å²) in [5.41, 5.74) is 0. The molecule has 0 aromatic heterocycles. The van der Waals surface area contributed by atoms with Gasteiger partial charge in [0.25, 0.3) is 0 Å². The first kappa shape index (κ1) is 7.37. The van der Waals surface area contributed by atoms with E-state index in [2.05, 4.69) is 5.92 Å². The summed E-state index contributed by atoms with van der Waals surface area (Å²) in [5, 5.41) is 0. The van der Waals surface area contributed by atoms with Crippen molar-refractivity contribution >= 4 is 23.5 Å². The van der Waals surface area contributed by atoms with Gasteiger partial charge in [0.1, 0.15) is 0 Å². The molecule has 0 N–H and O–H groups in total. The first-order valence-electron chi connectivity index (χ1n) is 3.10. The Labute approximate surface area is 65.2 Å². The average molecular weight is 158 g/mol. The quantitative estimate of drug-likeness (QED) is 0.565. The van der Waals surface area contributed by atoms with E-state index in [1.165, 1.54) is 18.6 Å². The van der Waals surface area contributed by atoms with Gasteiger partial charge in [0.05, 0.1) is 10.3 Å². The van der Waals surface area contributed by atoms with E-state index in [1.807, 2.05) is 23.5 Å². The molecule has 0 amide bonds. The van der Waals surface area contributed by atoms with Gasteiger partial charge >= 0.3 is 0 Å². The fourth-order valence-corrected chi connectivity index (χ4v) is 3.24. The lowest BCUT2D eigenvalue weighted by molar-refractivity contribution is 0.924. The molecule has 0 aromatic rings. The summed E-state index contributed by atoms with van der Waals surface area (Å²) in [6.45, 7) is 0. The van der Waals surface area contributed by atoms with E-state index in [0.717, 1.165) is 10.3 Å². The van der Waals surface area contributed by atoms with Crippen LogP contribution < -0.4 is 0 Å². The van der Waals surface area contributed by atoms with Crippen LogP contribution in [-0.4, -0.2) is 16.1 Å². The Balaban J connectivity index is 2.06. The molecule has 50 valence electrons. The lowest BCUT2D eigenvalue weighted by Crippen LogP contribution is -1.88. The third kappa shape index (κ3) is 2.55. The van der Waals surface area contributed by atoms with Crippen LogP contribution in [0.4, 0.5) is 0 Å². The molecule has 0 nitrogen and oxygen atoms in total. The number of thioether (sulfide) groups is 2. The Bertz CT molecular complexity index is 109. The fourth-order valence-electron chi connectivity index (χ4n) is 0.821. The Kier molecular flexibility index (Phi) is 3.39. The molecular formula is C7H10S2. The molecule has 1 saturated heterocycles. The van der Waals surface area contributed by atoms with Crippen molar-refractivity contribution in [3.63, 3.8) is 0 Å². The van der Waals surface area contributed by atoms with Gasteiger partial charge < -0.3 is 0 Å². The summed E-state index contributed by atoms with van der Waals surface area (Å²) < 4.78 is 0.807. The highest BCUT2D eigenvalue weighted by Crippen LogP contribution is 2.34. The Morgan fingerprint density at radius 2 is 2.67 bits per heavy atom. The van der Waals surface area contributed by atoms with Gasteiger partial charge in [-0.05, 0) is 18.6 Å². The van der Waals surface area contributed by atoms with Gasteiger partial charge in [-0.3, -0.25) is 0 Å². The van der Waals surface area contributed by atoms with Gasteiger partial charge in [0.15, 0.2) is 0 Å². The molecule has 1 aliphatic rings. The summed E-state index contributed by atoms with van der Waals surface area (Å²) in [5.74, 6) is 4.87. The molecule has 0 spiro atoms. The molecule has 1 unspecified atom stereocenters. The van der Waals surface area contributed by atoms with Gasteiger partial charge in [-0.15, -0.1) is 29.9 Å². The van der Waals surface area contributed by atoms with Crippen LogP contribution in [0.1, 0.15) is 12.8 Å². The van der Waals surface area contributed by atoms with Crippen molar-refractivity contribution in [2.75, 3.05) is 11.5 Å². The summed E-state index contributed by atoms with van der Waals surface area (Å²) in [7, 11) is 0.